The van der Waals surface area contributed by atoms with Gasteiger partial charge in [-0.1, -0.05) is 6.92 Å². The van der Waals surface area contributed by atoms with Gasteiger partial charge in [0, 0.05) is 13.2 Å². The third-order valence-corrected chi connectivity index (χ3v) is 2.50. The average Bonchev–Trinajstić information content (AvgIpc) is 2.42. The van der Waals surface area contributed by atoms with Gasteiger partial charge in [-0.15, -0.1) is 0 Å². The Hall–Kier alpha value is -0.690. The lowest BCUT2D eigenvalue weighted by atomic mass is 10.3. The normalized spacial score (nSPS) is 12.4. The zero-order valence-electron chi connectivity index (χ0n) is 12.3. The molecule has 1 atom stereocenters. The van der Waals surface area contributed by atoms with Crippen LogP contribution in [0, 0.1) is 0 Å². The predicted molar refractivity (Wildman–Crippen MR) is 72.2 cm³/mol. The van der Waals surface area contributed by atoms with Crippen molar-refractivity contribution in [3.63, 3.8) is 0 Å². The number of hydrogen-bond acceptors (Lipinski definition) is 6. The van der Waals surface area contributed by atoms with E-state index in [0.717, 1.165) is 6.42 Å². The van der Waals surface area contributed by atoms with E-state index < -0.39 is 0 Å². The molecule has 0 aromatic heterocycles. The molecule has 1 unspecified atom stereocenters. The zero-order chi connectivity index (χ0) is 14.3. The Balaban J connectivity index is 3.18. The number of carbonyl (C=O) groups excluding carboxylic acids is 1. The highest BCUT2D eigenvalue weighted by atomic mass is 16.6. The Morgan fingerprint density at radius 2 is 1.63 bits per heavy atom. The molecule has 0 aliphatic rings. The SMILES string of the molecule is CCC(C)NCC(=O)OCCOCCOCCOC. The maximum atomic E-state index is 11.3. The molecular formula is C13H27NO5. The van der Waals surface area contributed by atoms with Crippen LogP contribution in [0.5, 0.6) is 0 Å². The molecule has 0 aromatic rings. The lowest BCUT2D eigenvalue weighted by molar-refractivity contribution is -0.144. The van der Waals surface area contributed by atoms with Crippen molar-refractivity contribution >= 4 is 5.97 Å². The van der Waals surface area contributed by atoms with Gasteiger partial charge in [0.05, 0.1) is 39.6 Å². The van der Waals surface area contributed by atoms with Crippen LogP contribution >= 0.6 is 0 Å². The van der Waals surface area contributed by atoms with Gasteiger partial charge in [0.1, 0.15) is 6.61 Å². The van der Waals surface area contributed by atoms with Crippen molar-refractivity contribution in [2.75, 3.05) is 53.3 Å². The number of methoxy groups -OCH3 is 1. The van der Waals surface area contributed by atoms with Crippen LogP contribution in [0.2, 0.25) is 0 Å². The topological polar surface area (TPSA) is 66.0 Å². The van der Waals surface area contributed by atoms with Crippen molar-refractivity contribution in [3.05, 3.63) is 0 Å². The predicted octanol–water partition coefficient (Wildman–Crippen LogP) is 0.597. The van der Waals surface area contributed by atoms with E-state index in [1.807, 2.05) is 6.92 Å². The summed E-state index contributed by atoms with van der Waals surface area (Å²) in [6.07, 6.45) is 0.986. The molecule has 0 aliphatic carbocycles. The van der Waals surface area contributed by atoms with Gasteiger partial charge in [-0.05, 0) is 13.3 Å². The Kier molecular flexibility index (Phi) is 13.2. The molecule has 0 rings (SSSR count). The average molecular weight is 277 g/mol. The highest BCUT2D eigenvalue weighted by molar-refractivity contribution is 5.71. The van der Waals surface area contributed by atoms with Crippen molar-refractivity contribution in [1.82, 2.24) is 5.32 Å². The van der Waals surface area contributed by atoms with E-state index in [9.17, 15) is 4.79 Å². The largest absolute Gasteiger partial charge is 0.462 e. The molecule has 0 saturated heterocycles. The quantitative estimate of drug-likeness (QED) is 0.393. The number of rotatable bonds is 13. The number of ether oxygens (including phenoxy) is 4. The molecule has 0 bridgehead atoms. The van der Waals surface area contributed by atoms with Gasteiger partial charge in [-0.3, -0.25) is 4.79 Å². The van der Waals surface area contributed by atoms with Gasteiger partial charge in [0.25, 0.3) is 0 Å². The van der Waals surface area contributed by atoms with Crippen LogP contribution in [0.15, 0.2) is 0 Å². The Morgan fingerprint density at radius 1 is 1.05 bits per heavy atom. The van der Waals surface area contributed by atoms with Crippen molar-refractivity contribution < 1.29 is 23.7 Å². The summed E-state index contributed by atoms with van der Waals surface area (Å²) in [7, 11) is 1.63. The minimum Gasteiger partial charge on any atom is -0.462 e. The van der Waals surface area contributed by atoms with Crippen molar-refractivity contribution in [2.45, 2.75) is 26.3 Å². The molecule has 0 aliphatic heterocycles. The maximum Gasteiger partial charge on any atom is 0.320 e. The first-order chi connectivity index (χ1) is 9.20. The number of nitrogens with one attached hydrogen (secondary N) is 1. The number of esters is 1. The molecule has 0 radical (unpaired) electrons. The van der Waals surface area contributed by atoms with E-state index in [2.05, 4.69) is 12.2 Å². The summed E-state index contributed by atoms with van der Waals surface area (Å²) < 4.78 is 20.3. The molecule has 6 heteroatoms. The summed E-state index contributed by atoms with van der Waals surface area (Å²) in [5.41, 5.74) is 0. The van der Waals surface area contributed by atoms with Crippen LogP contribution in [-0.2, 0) is 23.7 Å². The molecule has 0 spiro atoms. The van der Waals surface area contributed by atoms with E-state index in [4.69, 9.17) is 18.9 Å². The molecule has 6 nitrogen and oxygen atoms in total. The Labute approximate surface area is 115 Å². The first kappa shape index (κ1) is 18.3. The summed E-state index contributed by atoms with van der Waals surface area (Å²) in [4.78, 5) is 11.3. The monoisotopic (exact) mass is 277 g/mol. The summed E-state index contributed by atoms with van der Waals surface area (Å²) in [6, 6.07) is 0.327. The molecule has 114 valence electrons. The van der Waals surface area contributed by atoms with Crippen molar-refractivity contribution in [1.29, 1.82) is 0 Å². The molecule has 1 N–H and O–H groups in total. The third kappa shape index (κ3) is 13.5. The summed E-state index contributed by atoms with van der Waals surface area (Å²) in [5, 5.41) is 3.07. The lowest BCUT2D eigenvalue weighted by Crippen LogP contribution is -2.32. The molecule has 0 aromatic carbocycles. The first-order valence-corrected chi connectivity index (χ1v) is 6.74. The third-order valence-electron chi connectivity index (χ3n) is 2.50. The van der Waals surface area contributed by atoms with Gasteiger partial charge < -0.3 is 24.3 Å². The second-order valence-corrected chi connectivity index (χ2v) is 4.13. The van der Waals surface area contributed by atoms with E-state index in [-0.39, 0.29) is 19.1 Å². The van der Waals surface area contributed by atoms with Gasteiger partial charge in [-0.25, -0.2) is 0 Å². The van der Waals surface area contributed by atoms with Crippen LogP contribution in [0.1, 0.15) is 20.3 Å². The zero-order valence-corrected chi connectivity index (χ0v) is 12.3. The van der Waals surface area contributed by atoms with E-state index >= 15 is 0 Å². The standard InChI is InChI=1S/C13H27NO5/c1-4-12(2)14-11-13(15)19-10-9-18-8-7-17-6-5-16-3/h12,14H,4-11H2,1-3H3. The van der Waals surface area contributed by atoms with Crippen LogP contribution in [0.25, 0.3) is 0 Å². The Morgan fingerprint density at radius 3 is 2.21 bits per heavy atom. The fourth-order valence-electron chi connectivity index (χ4n) is 1.13. The van der Waals surface area contributed by atoms with Gasteiger partial charge in [0.15, 0.2) is 0 Å². The van der Waals surface area contributed by atoms with E-state index in [1.54, 1.807) is 7.11 Å². The van der Waals surface area contributed by atoms with Gasteiger partial charge in [-0.2, -0.15) is 0 Å². The summed E-state index contributed by atoms with van der Waals surface area (Å²) >= 11 is 0. The van der Waals surface area contributed by atoms with Crippen LogP contribution in [0.3, 0.4) is 0 Å². The lowest BCUT2D eigenvalue weighted by Gasteiger charge is -2.11. The van der Waals surface area contributed by atoms with Crippen LogP contribution < -0.4 is 5.32 Å². The summed E-state index contributed by atoms with van der Waals surface area (Å²) in [6.45, 7) is 7.17. The smallest absolute Gasteiger partial charge is 0.320 e. The van der Waals surface area contributed by atoms with E-state index in [0.29, 0.717) is 39.1 Å². The summed E-state index contributed by atoms with van der Waals surface area (Å²) in [5.74, 6) is -0.250. The fraction of sp³-hybridized carbons (Fsp3) is 0.923. The minimum atomic E-state index is -0.250. The van der Waals surface area contributed by atoms with Crippen molar-refractivity contribution in [2.24, 2.45) is 0 Å². The molecule has 0 heterocycles. The maximum absolute atomic E-state index is 11.3. The van der Waals surface area contributed by atoms with Crippen LogP contribution in [-0.4, -0.2) is 65.3 Å². The molecule has 19 heavy (non-hydrogen) atoms. The van der Waals surface area contributed by atoms with Gasteiger partial charge in [0.2, 0.25) is 0 Å². The fourth-order valence-corrected chi connectivity index (χ4v) is 1.13. The first-order valence-electron chi connectivity index (χ1n) is 6.74. The van der Waals surface area contributed by atoms with Crippen molar-refractivity contribution in [3.8, 4) is 0 Å². The number of hydrogen-bond donors (Lipinski definition) is 1. The molecule has 0 fully saturated rings. The molecule has 0 amide bonds. The van der Waals surface area contributed by atoms with Gasteiger partial charge >= 0.3 is 5.97 Å². The minimum absolute atomic E-state index is 0.245. The van der Waals surface area contributed by atoms with Crippen LogP contribution in [0.4, 0.5) is 0 Å². The molecular weight excluding hydrogens is 250 g/mol. The Bertz CT molecular complexity index is 213. The second kappa shape index (κ2) is 13.7. The molecule has 0 saturated carbocycles. The van der Waals surface area contributed by atoms with E-state index in [1.165, 1.54) is 0 Å². The number of carbonyl (C=O) groups is 1. The highest BCUT2D eigenvalue weighted by Crippen LogP contribution is 1.88. The highest BCUT2D eigenvalue weighted by Gasteiger charge is 2.04. The second-order valence-electron chi connectivity index (χ2n) is 4.13.